The van der Waals surface area contributed by atoms with Gasteiger partial charge in [-0.2, -0.15) is 0 Å². The Balaban J connectivity index is 1.34. The van der Waals surface area contributed by atoms with E-state index >= 15 is 0 Å². The van der Waals surface area contributed by atoms with Crippen molar-refractivity contribution >= 4 is 5.97 Å². The number of fused-ring (bicyclic) bond motifs is 2. The van der Waals surface area contributed by atoms with Gasteiger partial charge in [0.2, 0.25) is 0 Å². The molecule has 1 atom stereocenters. The maximum absolute atomic E-state index is 11.7. The third kappa shape index (κ3) is 4.36. The molecular formula is C30H32O5. The molecular weight excluding hydrogens is 440 g/mol. The van der Waals surface area contributed by atoms with Gasteiger partial charge >= 0.3 is 5.97 Å². The molecule has 5 nitrogen and oxygen atoms in total. The van der Waals surface area contributed by atoms with E-state index in [1.54, 1.807) is 0 Å². The molecule has 35 heavy (non-hydrogen) atoms. The summed E-state index contributed by atoms with van der Waals surface area (Å²) in [5.74, 6) is 2.34. The third-order valence-corrected chi connectivity index (χ3v) is 7.13. The fourth-order valence-corrected chi connectivity index (χ4v) is 5.46. The van der Waals surface area contributed by atoms with Crippen LogP contribution in [0.5, 0.6) is 17.2 Å². The highest BCUT2D eigenvalue weighted by molar-refractivity contribution is 5.75. The summed E-state index contributed by atoms with van der Waals surface area (Å²) < 4.78 is 22.7. The number of hydrogen-bond acceptors (Lipinski definition) is 5. The highest BCUT2D eigenvalue weighted by Crippen LogP contribution is 2.45. The van der Waals surface area contributed by atoms with Crippen molar-refractivity contribution in [2.45, 2.75) is 52.1 Å². The van der Waals surface area contributed by atoms with Gasteiger partial charge in [-0.25, -0.2) is 0 Å². The maximum Gasteiger partial charge on any atom is 0.306 e. The summed E-state index contributed by atoms with van der Waals surface area (Å²) in [6.45, 7) is 10.5. The number of benzene rings is 3. The molecule has 0 bridgehead atoms. The van der Waals surface area contributed by atoms with Gasteiger partial charge in [0.05, 0.1) is 26.7 Å². The first-order valence-corrected chi connectivity index (χ1v) is 12.1. The fraction of sp³-hybridized carbons (Fsp3) is 0.367. The van der Waals surface area contributed by atoms with Gasteiger partial charge < -0.3 is 18.9 Å². The van der Waals surface area contributed by atoms with Gasteiger partial charge in [-0.3, -0.25) is 4.79 Å². The second-order valence-corrected chi connectivity index (χ2v) is 10.2. The minimum atomic E-state index is -0.225. The first kappa shape index (κ1) is 23.3. The first-order valence-electron chi connectivity index (χ1n) is 12.1. The van der Waals surface area contributed by atoms with Crippen molar-refractivity contribution in [2.24, 2.45) is 0 Å². The van der Waals surface area contributed by atoms with Gasteiger partial charge in [-0.1, -0.05) is 38.1 Å². The molecule has 0 saturated heterocycles. The van der Waals surface area contributed by atoms with Crippen LogP contribution < -0.4 is 14.2 Å². The number of methoxy groups -OCH3 is 1. The Labute approximate surface area is 207 Å². The molecule has 0 fully saturated rings. The minimum absolute atomic E-state index is 0.00802. The average Bonchev–Trinajstić information content (AvgIpc) is 3.37. The molecule has 5 rings (SSSR count). The van der Waals surface area contributed by atoms with Crippen LogP contribution >= 0.6 is 0 Å². The van der Waals surface area contributed by atoms with Crippen LogP contribution in [0.3, 0.4) is 0 Å². The van der Waals surface area contributed by atoms with Crippen LogP contribution in [-0.4, -0.2) is 26.3 Å². The van der Waals surface area contributed by atoms with E-state index in [0.717, 1.165) is 28.4 Å². The van der Waals surface area contributed by atoms with E-state index < -0.39 is 0 Å². The third-order valence-electron chi connectivity index (χ3n) is 7.13. The second-order valence-electron chi connectivity index (χ2n) is 10.2. The maximum atomic E-state index is 11.7. The summed E-state index contributed by atoms with van der Waals surface area (Å²) in [6, 6.07) is 16.6. The summed E-state index contributed by atoms with van der Waals surface area (Å²) >= 11 is 0. The Kier molecular flexibility index (Phi) is 5.96. The van der Waals surface area contributed by atoms with E-state index in [1.165, 1.54) is 34.9 Å². The van der Waals surface area contributed by atoms with E-state index in [-0.39, 0.29) is 17.3 Å². The molecule has 1 unspecified atom stereocenters. The minimum Gasteiger partial charge on any atom is -0.492 e. The van der Waals surface area contributed by atoms with E-state index in [4.69, 9.17) is 18.9 Å². The Morgan fingerprint density at radius 3 is 2.69 bits per heavy atom. The number of aryl methyl sites for hydroxylation is 1. The molecule has 0 amide bonds. The number of esters is 1. The van der Waals surface area contributed by atoms with Gasteiger partial charge in [0.25, 0.3) is 0 Å². The average molecular weight is 473 g/mol. The Bertz CT molecular complexity index is 1290. The predicted octanol–water partition coefficient (Wildman–Crippen LogP) is 6.26. The monoisotopic (exact) mass is 472 g/mol. The number of rotatable bonds is 6. The van der Waals surface area contributed by atoms with E-state index in [1.807, 2.05) is 18.2 Å². The highest BCUT2D eigenvalue weighted by atomic mass is 16.5. The van der Waals surface area contributed by atoms with E-state index in [2.05, 4.69) is 58.0 Å². The summed E-state index contributed by atoms with van der Waals surface area (Å²) in [7, 11) is 1.41. The zero-order chi connectivity index (χ0) is 24.7. The number of ether oxygens (including phenoxy) is 4. The zero-order valence-electron chi connectivity index (χ0n) is 21.1. The molecule has 0 N–H and O–H groups in total. The fourth-order valence-electron chi connectivity index (χ4n) is 5.46. The van der Waals surface area contributed by atoms with Crippen molar-refractivity contribution in [2.75, 3.05) is 20.3 Å². The molecule has 0 aliphatic carbocycles. The van der Waals surface area contributed by atoms with Crippen LogP contribution in [-0.2, 0) is 21.6 Å². The molecule has 2 aliphatic heterocycles. The lowest BCUT2D eigenvalue weighted by Gasteiger charge is -2.21. The topological polar surface area (TPSA) is 54.0 Å². The summed E-state index contributed by atoms with van der Waals surface area (Å²) in [4.78, 5) is 11.7. The van der Waals surface area contributed by atoms with Crippen LogP contribution in [0.15, 0.2) is 48.5 Å². The van der Waals surface area contributed by atoms with Gasteiger partial charge in [-0.05, 0) is 59.9 Å². The molecule has 0 spiro atoms. The molecule has 182 valence electrons. The van der Waals surface area contributed by atoms with Gasteiger partial charge in [0.15, 0.2) is 0 Å². The smallest absolute Gasteiger partial charge is 0.306 e. The molecule has 0 radical (unpaired) electrons. The second kappa shape index (κ2) is 8.95. The molecule has 3 aromatic rings. The molecule has 5 heteroatoms. The van der Waals surface area contributed by atoms with Gasteiger partial charge in [0.1, 0.15) is 23.9 Å². The predicted molar refractivity (Wildman–Crippen MR) is 136 cm³/mol. The molecule has 0 saturated carbocycles. The molecule has 2 aliphatic rings. The molecule has 3 aromatic carbocycles. The van der Waals surface area contributed by atoms with Crippen LogP contribution in [0.2, 0.25) is 0 Å². The SMILES string of the molecule is COC(=O)CC1COc2cc(OCc3cccc(-c4c(C)cc5c(c4C)C(C)(C)CO5)c3)ccc21. The standard InChI is InChI=1S/C30H32O5/c1-18-11-26-29(30(3,4)17-35-26)19(2)28(18)21-8-6-7-20(12-21)15-33-23-9-10-24-22(13-27(31)32-5)16-34-25(24)14-23/h6-12,14,22H,13,15-17H2,1-5H3. The summed E-state index contributed by atoms with van der Waals surface area (Å²) in [5.41, 5.74) is 8.41. The van der Waals surface area contributed by atoms with Crippen molar-refractivity contribution < 1.29 is 23.7 Å². The normalized spacial score (nSPS) is 17.2. The highest BCUT2D eigenvalue weighted by Gasteiger charge is 2.35. The van der Waals surface area contributed by atoms with Crippen molar-refractivity contribution in [3.05, 3.63) is 76.3 Å². The number of hydrogen-bond donors (Lipinski definition) is 0. The van der Waals surface area contributed by atoms with Gasteiger partial charge in [0, 0.05) is 28.5 Å². The van der Waals surface area contributed by atoms with Crippen LogP contribution in [0.25, 0.3) is 11.1 Å². The number of carbonyl (C=O) groups excluding carboxylic acids is 1. The van der Waals surface area contributed by atoms with Crippen molar-refractivity contribution in [3.63, 3.8) is 0 Å². The van der Waals surface area contributed by atoms with Crippen LogP contribution in [0.1, 0.15) is 54.0 Å². The zero-order valence-corrected chi connectivity index (χ0v) is 21.1. The van der Waals surface area contributed by atoms with E-state index in [0.29, 0.717) is 26.2 Å². The van der Waals surface area contributed by atoms with Crippen molar-refractivity contribution in [1.29, 1.82) is 0 Å². The lowest BCUT2D eigenvalue weighted by molar-refractivity contribution is -0.141. The Morgan fingerprint density at radius 1 is 1.06 bits per heavy atom. The van der Waals surface area contributed by atoms with Crippen LogP contribution in [0, 0.1) is 13.8 Å². The Morgan fingerprint density at radius 2 is 1.89 bits per heavy atom. The Hall–Kier alpha value is -3.47. The van der Waals surface area contributed by atoms with Crippen molar-refractivity contribution in [3.8, 4) is 28.4 Å². The quantitative estimate of drug-likeness (QED) is 0.397. The lowest BCUT2D eigenvalue weighted by Crippen LogP contribution is -2.19. The molecule has 0 aromatic heterocycles. The molecule has 2 heterocycles. The largest absolute Gasteiger partial charge is 0.492 e. The first-order chi connectivity index (χ1) is 16.8. The van der Waals surface area contributed by atoms with Gasteiger partial charge in [-0.15, -0.1) is 0 Å². The lowest BCUT2D eigenvalue weighted by atomic mass is 9.80. The summed E-state index contributed by atoms with van der Waals surface area (Å²) in [6.07, 6.45) is 0.321. The van der Waals surface area contributed by atoms with E-state index in [9.17, 15) is 4.79 Å². The number of carbonyl (C=O) groups is 1. The summed E-state index contributed by atoms with van der Waals surface area (Å²) in [5, 5.41) is 0. The van der Waals surface area contributed by atoms with Crippen molar-refractivity contribution in [1.82, 2.24) is 0 Å². The van der Waals surface area contributed by atoms with Crippen LogP contribution in [0.4, 0.5) is 0 Å².